The predicted molar refractivity (Wildman–Crippen MR) is 237 cm³/mol. The number of para-hydroxylation sites is 3. The van der Waals surface area contributed by atoms with Crippen LogP contribution in [0.4, 0.5) is 17.1 Å². The molecule has 0 amide bonds. The number of benzene rings is 8. The maximum absolute atomic E-state index is 6.22. The lowest BCUT2D eigenvalue weighted by molar-refractivity contribution is 0.654. The monoisotopic (exact) mass is 744 g/mol. The molecule has 58 heavy (non-hydrogen) atoms. The van der Waals surface area contributed by atoms with Crippen molar-refractivity contribution < 1.29 is 13.3 Å². The van der Waals surface area contributed by atoms with Crippen LogP contribution in [-0.2, 0) is 0 Å². The van der Waals surface area contributed by atoms with Gasteiger partial charge in [0.05, 0.1) is 5.69 Å². The van der Waals surface area contributed by atoms with Crippen LogP contribution in [0, 0.1) is 0 Å². The average Bonchev–Trinajstić information content (AvgIpc) is 3.97. The summed E-state index contributed by atoms with van der Waals surface area (Å²) in [5, 5.41) is 6.60. The van der Waals surface area contributed by atoms with Crippen molar-refractivity contribution in [2.45, 2.75) is 0 Å². The molecule has 4 aromatic heterocycles. The van der Waals surface area contributed by atoms with Crippen LogP contribution in [-0.4, -0.2) is 4.98 Å². The zero-order valence-electron chi connectivity index (χ0n) is 31.1. The van der Waals surface area contributed by atoms with Gasteiger partial charge in [0.25, 0.3) is 0 Å². The summed E-state index contributed by atoms with van der Waals surface area (Å²) in [5.41, 5.74) is 14.5. The summed E-state index contributed by atoms with van der Waals surface area (Å²) >= 11 is 0. The molecule has 5 heteroatoms. The molecular weight excluding hydrogens is 713 g/mol. The summed E-state index contributed by atoms with van der Waals surface area (Å²) in [6.45, 7) is 0. The van der Waals surface area contributed by atoms with Gasteiger partial charge in [-0.15, -0.1) is 0 Å². The van der Waals surface area contributed by atoms with E-state index >= 15 is 0 Å². The van der Waals surface area contributed by atoms with Crippen LogP contribution in [0.5, 0.6) is 0 Å². The quantitative estimate of drug-likeness (QED) is 0.170. The molecule has 0 aliphatic rings. The zero-order chi connectivity index (χ0) is 38.2. The second-order valence-corrected chi connectivity index (χ2v) is 14.7. The van der Waals surface area contributed by atoms with Crippen molar-refractivity contribution in [3.63, 3.8) is 0 Å². The summed E-state index contributed by atoms with van der Waals surface area (Å²) < 4.78 is 18.6. The fraction of sp³-hybridized carbons (Fsp3) is 0. The molecular formula is C53H32N2O3. The summed E-state index contributed by atoms with van der Waals surface area (Å²) in [6.07, 6.45) is 0. The van der Waals surface area contributed by atoms with Crippen LogP contribution in [0.15, 0.2) is 207 Å². The van der Waals surface area contributed by atoms with Crippen molar-refractivity contribution in [3.05, 3.63) is 194 Å². The lowest BCUT2D eigenvalue weighted by Crippen LogP contribution is -2.09. The topological polar surface area (TPSA) is 55.6 Å². The number of hydrogen-bond acceptors (Lipinski definition) is 5. The minimum Gasteiger partial charge on any atom is -0.456 e. The highest BCUT2D eigenvalue weighted by molar-refractivity contribution is 6.07. The van der Waals surface area contributed by atoms with E-state index in [0.29, 0.717) is 5.71 Å². The molecule has 4 heterocycles. The Morgan fingerprint density at radius 1 is 0.293 bits per heavy atom. The van der Waals surface area contributed by atoms with E-state index in [1.54, 1.807) is 0 Å². The number of furan rings is 3. The van der Waals surface area contributed by atoms with Crippen LogP contribution >= 0.6 is 0 Å². The molecule has 8 aromatic carbocycles. The van der Waals surface area contributed by atoms with Crippen LogP contribution in [0.1, 0.15) is 0 Å². The maximum atomic E-state index is 6.22. The first-order valence-corrected chi connectivity index (χ1v) is 19.4. The molecule has 0 radical (unpaired) electrons. The van der Waals surface area contributed by atoms with E-state index < -0.39 is 0 Å². The van der Waals surface area contributed by atoms with E-state index in [0.717, 1.165) is 111 Å². The van der Waals surface area contributed by atoms with Crippen molar-refractivity contribution in [2.75, 3.05) is 4.90 Å². The van der Waals surface area contributed by atoms with Gasteiger partial charge in [0.2, 0.25) is 5.71 Å². The largest absolute Gasteiger partial charge is 0.456 e. The highest BCUT2D eigenvalue weighted by atomic mass is 16.3. The fourth-order valence-corrected chi connectivity index (χ4v) is 8.41. The van der Waals surface area contributed by atoms with E-state index in [1.807, 2.05) is 42.5 Å². The van der Waals surface area contributed by atoms with Gasteiger partial charge in [-0.05, 0) is 113 Å². The molecule has 0 saturated heterocycles. The summed E-state index contributed by atoms with van der Waals surface area (Å²) in [5.74, 6) is 0. The van der Waals surface area contributed by atoms with Gasteiger partial charge in [0.15, 0.2) is 0 Å². The molecule has 12 aromatic rings. The molecule has 0 aliphatic heterocycles. The Bertz CT molecular complexity index is 3130. The van der Waals surface area contributed by atoms with Gasteiger partial charge in [-0.1, -0.05) is 103 Å². The molecule has 0 saturated carbocycles. The van der Waals surface area contributed by atoms with Crippen molar-refractivity contribution >= 4 is 83.0 Å². The molecule has 0 atom stereocenters. The summed E-state index contributed by atoms with van der Waals surface area (Å²) in [4.78, 5) is 7.21. The Hall–Kier alpha value is -7.89. The van der Waals surface area contributed by atoms with E-state index in [9.17, 15) is 0 Å². The molecule has 0 N–H and O–H groups in total. The highest BCUT2D eigenvalue weighted by Gasteiger charge is 2.16. The molecule has 12 rings (SSSR count). The Morgan fingerprint density at radius 2 is 0.672 bits per heavy atom. The number of nitrogens with zero attached hydrogens (tertiary/aromatic N) is 2. The van der Waals surface area contributed by atoms with Crippen molar-refractivity contribution in [1.82, 2.24) is 4.98 Å². The molecule has 272 valence electrons. The van der Waals surface area contributed by atoms with Crippen molar-refractivity contribution in [2.24, 2.45) is 0 Å². The van der Waals surface area contributed by atoms with Crippen molar-refractivity contribution in [1.29, 1.82) is 0 Å². The van der Waals surface area contributed by atoms with Gasteiger partial charge < -0.3 is 18.2 Å². The molecule has 0 bridgehead atoms. The van der Waals surface area contributed by atoms with Gasteiger partial charge >= 0.3 is 0 Å². The SMILES string of the molecule is c1ccc2c(c1)oc1cc(-c3ccc(N(c4ccc(-c5ccc6c(c5)oc5ccccc56)cc4)c4ccc(-c5ccc6c(n5)oc5ccccc56)cc4)cc3)ccc12. The molecule has 0 unspecified atom stereocenters. The zero-order valence-corrected chi connectivity index (χ0v) is 31.1. The van der Waals surface area contributed by atoms with Crippen LogP contribution in [0.25, 0.3) is 99.5 Å². The molecule has 0 fully saturated rings. The number of hydrogen-bond donors (Lipinski definition) is 0. The third-order valence-electron chi connectivity index (χ3n) is 11.3. The minimum atomic E-state index is 0.642. The van der Waals surface area contributed by atoms with E-state index in [4.69, 9.17) is 18.2 Å². The molecule has 5 nitrogen and oxygen atoms in total. The van der Waals surface area contributed by atoms with Crippen LogP contribution < -0.4 is 4.90 Å². The van der Waals surface area contributed by atoms with Gasteiger partial charge in [-0.3, -0.25) is 0 Å². The summed E-state index contributed by atoms with van der Waals surface area (Å²) in [6, 6.07) is 67.6. The smallest absolute Gasteiger partial charge is 0.227 e. The van der Waals surface area contributed by atoms with Gasteiger partial charge in [-0.25, -0.2) is 4.98 Å². The van der Waals surface area contributed by atoms with E-state index in [-0.39, 0.29) is 0 Å². The number of fused-ring (bicyclic) bond motifs is 9. The maximum Gasteiger partial charge on any atom is 0.227 e. The standard InChI is InChI=1S/C53H32N2O3/c1-4-10-48-41(7-1)44-27-19-36(31-51(44)56-48)33-13-21-38(22-14-33)55(39-23-15-34(16-24-39)37-20-28-45-42-8-2-5-11-49(42)57-52(45)32-37)40-25-17-35(18-26-40)47-30-29-46-43-9-3-6-12-50(43)58-53(46)54-47/h1-32H. The number of aromatic nitrogens is 1. The Kier molecular flexibility index (Phi) is 7.16. The highest BCUT2D eigenvalue weighted by Crippen LogP contribution is 2.40. The third-order valence-corrected chi connectivity index (χ3v) is 11.3. The van der Waals surface area contributed by atoms with Crippen LogP contribution in [0.3, 0.4) is 0 Å². The Labute approximate surface area is 332 Å². The van der Waals surface area contributed by atoms with Gasteiger partial charge in [-0.2, -0.15) is 0 Å². The summed E-state index contributed by atoms with van der Waals surface area (Å²) in [7, 11) is 0. The first kappa shape index (κ1) is 32.4. The lowest BCUT2D eigenvalue weighted by atomic mass is 10.0. The second-order valence-electron chi connectivity index (χ2n) is 14.7. The number of rotatable bonds is 6. The van der Waals surface area contributed by atoms with Crippen LogP contribution in [0.2, 0.25) is 0 Å². The van der Waals surface area contributed by atoms with E-state index in [1.165, 1.54) is 0 Å². The predicted octanol–water partition coefficient (Wildman–Crippen LogP) is 15.3. The normalized spacial score (nSPS) is 11.8. The first-order chi connectivity index (χ1) is 28.7. The third kappa shape index (κ3) is 5.29. The van der Waals surface area contributed by atoms with Gasteiger partial charge in [0, 0.05) is 54.9 Å². The molecule has 0 spiro atoms. The minimum absolute atomic E-state index is 0.642. The van der Waals surface area contributed by atoms with Crippen molar-refractivity contribution in [3.8, 4) is 33.5 Å². The Balaban J connectivity index is 0.911. The Morgan fingerprint density at radius 3 is 1.17 bits per heavy atom. The lowest BCUT2D eigenvalue weighted by Gasteiger charge is -2.26. The van der Waals surface area contributed by atoms with E-state index in [2.05, 4.69) is 157 Å². The van der Waals surface area contributed by atoms with Gasteiger partial charge in [0.1, 0.15) is 27.9 Å². The second kappa shape index (κ2) is 12.8. The first-order valence-electron chi connectivity index (χ1n) is 19.4. The average molecular weight is 745 g/mol. The fourth-order valence-electron chi connectivity index (χ4n) is 8.41. The molecule has 0 aliphatic carbocycles. The number of pyridine rings is 1. The number of anilines is 3.